The molecule has 4 atom stereocenters. The van der Waals surface area contributed by atoms with Gasteiger partial charge < -0.3 is 20.4 Å². The van der Waals surface area contributed by atoms with E-state index in [1.165, 1.54) is 0 Å². The highest BCUT2D eigenvalue weighted by Crippen LogP contribution is 2.32. The SMILES string of the molecule is CC(=O)C(O)C(O)C(O)(C(C)=O)C(O)(C(C)=O)C(=O)Cl. The molecule has 0 heterocycles. The summed E-state index contributed by atoms with van der Waals surface area (Å²) in [6.07, 6.45) is -4.94. The summed E-state index contributed by atoms with van der Waals surface area (Å²) < 4.78 is 0. The zero-order chi connectivity index (χ0) is 16.5. The summed E-state index contributed by atoms with van der Waals surface area (Å²) in [6, 6.07) is 0. The molecule has 0 aromatic carbocycles. The Balaban J connectivity index is 6.22. The minimum absolute atomic E-state index is 0.640. The van der Waals surface area contributed by atoms with Gasteiger partial charge in [-0.05, 0) is 32.4 Å². The van der Waals surface area contributed by atoms with Gasteiger partial charge in [-0.25, -0.2) is 0 Å². The molecule has 0 amide bonds. The Hall–Kier alpha value is -1.19. The van der Waals surface area contributed by atoms with E-state index in [2.05, 4.69) is 0 Å². The van der Waals surface area contributed by atoms with Crippen molar-refractivity contribution in [3.63, 3.8) is 0 Å². The third-order valence-corrected chi connectivity index (χ3v) is 3.30. The average molecular weight is 311 g/mol. The van der Waals surface area contributed by atoms with Crippen LogP contribution in [0.5, 0.6) is 0 Å². The van der Waals surface area contributed by atoms with Crippen LogP contribution in [-0.2, 0) is 19.2 Å². The minimum Gasteiger partial charge on any atom is -0.386 e. The molecule has 0 radical (unpaired) electrons. The zero-order valence-corrected chi connectivity index (χ0v) is 11.7. The fraction of sp³-hybridized carbons (Fsp3) is 0.636. The fourth-order valence-electron chi connectivity index (χ4n) is 1.68. The predicted molar refractivity (Wildman–Crippen MR) is 64.8 cm³/mol. The van der Waals surface area contributed by atoms with Crippen LogP contribution in [0.1, 0.15) is 20.8 Å². The van der Waals surface area contributed by atoms with Crippen LogP contribution in [0.3, 0.4) is 0 Å². The Kier molecular flexibility index (Phi) is 5.70. The van der Waals surface area contributed by atoms with E-state index in [0.29, 0.717) is 13.8 Å². The zero-order valence-electron chi connectivity index (χ0n) is 11.0. The number of hydrogen-bond donors (Lipinski definition) is 4. The summed E-state index contributed by atoms with van der Waals surface area (Å²) in [4.78, 5) is 45.2. The van der Waals surface area contributed by atoms with E-state index in [4.69, 9.17) is 11.6 Å². The molecule has 0 fully saturated rings. The summed E-state index contributed by atoms with van der Waals surface area (Å²) in [5, 5.41) is 37.4. The van der Waals surface area contributed by atoms with Crippen LogP contribution >= 0.6 is 11.6 Å². The van der Waals surface area contributed by atoms with Crippen molar-refractivity contribution in [1.82, 2.24) is 0 Å². The Morgan fingerprint density at radius 2 is 1.35 bits per heavy atom. The number of aliphatic hydroxyl groups excluding tert-OH is 2. The monoisotopic (exact) mass is 310 g/mol. The molecule has 8 nitrogen and oxygen atoms in total. The van der Waals surface area contributed by atoms with Crippen molar-refractivity contribution >= 4 is 34.2 Å². The van der Waals surface area contributed by atoms with E-state index in [1.54, 1.807) is 0 Å². The molecule has 0 saturated carbocycles. The van der Waals surface area contributed by atoms with Gasteiger partial charge in [0.05, 0.1) is 0 Å². The van der Waals surface area contributed by atoms with Crippen molar-refractivity contribution in [2.24, 2.45) is 0 Å². The lowest BCUT2D eigenvalue weighted by Crippen LogP contribution is -2.73. The van der Waals surface area contributed by atoms with Crippen LogP contribution in [0, 0.1) is 0 Å². The number of ketones is 3. The van der Waals surface area contributed by atoms with Crippen molar-refractivity contribution < 1.29 is 39.6 Å². The van der Waals surface area contributed by atoms with Gasteiger partial charge in [-0.3, -0.25) is 19.2 Å². The summed E-state index contributed by atoms with van der Waals surface area (Å²) in [6.45, 7) is 2.11. The molecule has 0 aromatic heterocycles. The second-order valence-corrected chi connectivity index (χ2v) is 4.71. The largest absolute Gasteiger partial charge is 0.386 e. The van der Waals surface area contributed by atoms with Gasteiger partial charge in [0, 0.05) is 0 Å². The highest BCUT2D eigenvalue weighted by atomic mass is 35.5. The van der Waals surface area contributed by atoms with Crippen molar-refractivity contribution in [1.29, 1.82) is 0 Å². The summed E-state index contributed by atoms with van der Waals surface area (Å²) in [5.74, 6) is -3.94. The van der Waals surface area contributed by atoms with Crippen molar-refractivity contribution in [2.75, 3.05) is 0 Å². The van der Waals surface area contributed by atoms with E-state index in [-0.39, 0.29) is 0 Å². The Morgan fingerprint density at radius 3 is 1.55 bits per heavy atom. The smallest absolute Gasteiger partial charge is 0.264 e. The number of hydrogen-bond acceptors (Lipinski definition) is 8. The number of halogens is 1. The lowest BCUT2D eigenvalue weighted by atomic mass is 9.72. The molecule has 9 heteroatoms. The molecule has 4 unspecified atom stereocenters. The van der Waals surface area contributed by atoms with Gasteiger partial charge in [-0.1, -0.05) is 0 Å². The predicted octanol–water partition coefficient (Wildman–Crippen LogP) is -2.30. The first kappa shape index (κ1) is 18.8. The second kappa shape index (κ2) is 6.06. The molecule has 0 rings (SSSR count). The second-order valence-electron chi connectivity index (χ2n) is 4.36. The molecule has 0 aliphatic carbocycles. The van der Waals surface area contributed by atoms with Gasteiger partial charge >= 0.3 is 0 Å². The van der Waals surface area contributed by atoms with Gasteiger partial charge in [0.25, 0.3) is 5.24 Å². The number of carbonyl (C=O) groups is 4. The summed E-state index contributed by atoms with van der Waals surface area (Å²) in [5.41, 5.74) is -6.97. The first-order valence-electron chi connectivity index (χ1n) is 5.38. The van der Waals surface area contributed by atoms with Crippen LogP contribution in [0.15, 0.2) is 0 Å². The van der Waals surface area contributed by atoms with Crippen LogP contribution in [0.4, 0.5) is 0 Å². The van der Waals surface area contributed by atoms with E-state index in [0.717, 1.165) is 6.92 Å². The van der Waals surface area contributed by atoms with Crippen molar-refractivity contribution in [3.05, 3.63) is 0 Å². The molecular weight excluding hydrogens is 296 g/mol. The highest BCUT2D eigenvalue weighted by molar-refractivity contribution is 6.68. The topological polar surface area (TPSA) is 149 Å². The quantitative estimate of drug-likeness (QED) is 0.303. The van der Waals surface area contributed by atoms with Crippen molar-refractivity contribution in [2.45, 2.75) is 44.2 Å². The molecule has 0 aliphatic rings. The molecule has 0 saturated heterocycles. The van der Waals surface area contributed by atoms with Crippen molar-refractivity contribution in [3.8, 4) is 0 Å². The van der Waals surface area contributed by atoms with Gasteiger partial charge in [-0.2, -0.15) is 0 Å². The molecule has 4 N–H and O–H groups in total. The van der Waals surface area contributed by atoms with Gasteiger partial charge in [0.2, 0.25) is 5.60 Å². The van der Waals surface area contributed by atoms with Gasteiger partial charge in [0.15, 0.2) is 23.0 Å². The standard InChI is InChI=1S/C11H15ClO8/c1-4(13)7(16)8(17)10(19,5(2)14)11(20,6(3)15)9(12)18/h7-8,16-17,19-20H,1-3H3. The molecule has 0 aromatic rings. The lowest BCUT2D eigenvalue weighted by Gasteiger charge is -2.41. The van der Waals surface area contributed by atoms with E-state index in [9.17, 15) is 39.6 Å². The van der Waals surface area contributed by atoms with Gasteiger partial charge in [0.1, 0.15) is 12.2 Å². The third kappa shape index (κ3) is 2.65. The lowest BCUT2D eigenvalue weighted by molar-refractivity contribution is -0.211. The highest BCUT2D eigenvalue weighted by Gasteiger charge is 2.66. The van der Waals surface area contributed by atoms with Crippen LogP contribution in [0.25, 0.3) is 0 Å². The van der Waals surface area contributed by atoms with Crippen LogP contribution in [-0.4, -0.2) is 66.4 Å². The molecule has 0 spiro atoms. The van der Waals surface area contributed by atoms with Gasteiger partial charge in [-0.15, -0.1) is 0 Å². The molecular formula is C11H15ClO8. The fourth-order valence-corrected chi connectivity index (χ4v) is 1.96. The third-order valence-electron chi connectivity index (χ3n) is 3.03. The number of carbonyl (C=O) groups excluding carboxylic acids is 4. The molecule has 20 heavy (non-hydrogen) atoms. The maximum absolute atomic E-state index is 11.5. The van der Waals surface area contributed by atoms with E-state index < -0.39 is 46.0 Å². The Morgan fingerprint density at radius 1 is 0.950 bits per heavy atom. The maximum Gasteiger partial charge on any atom is 0.264 e. The van der Waals surface area contributed by atoms with E-state index in [1.807, 2.05) is 0 Å². The molecule has 114 valence electrons. The van der Waals surface area contributed by atoms with Crippen LogP contribution < -0.4 is 0 Å². The first-order valence-corrected chi connectivity index (χ1v) is 5.76. The summed E-state index contributed by atoms with van der Waals surface area (Å²) in [7, 11) is 0. The Labute approximate surface area is 119 Å². The average Bonchev–Trinajstić information content (AvgIpc) is 2.33. The Bertz CT molecular complexity index is 445. The molecule has 0 aliphatic heterocycles. The summed E-state index contributed by atoms with van der Waals surface area (Å²) >= 11 is 5.04. The first-order chi connectivity index (χ1) is 8.84. The minimum atomic E-state index is -3.50. The molecule has 0 bridgehead atoms. The van der Waals surface area contributed by atoms with E-state index >= 15 is 0 Å². The maximum atomic E-state index is 11.5. The number of aliphatic hydroxyl groups is 4. The number of Topliss-reactive ketones (excluding diaryl/α,β-unsaturated/α-hetero) is 3. The normalized spacial score (nSPS) is 20.2. The van der Waals surface area contributed by atoms with Crippen LogP contribution in [0.2, 0.25) is 0 Å². The number of rotatable bonds is 7.